The molecule has 0 aliphatic rings. The molecule has 1 rings (SSSR count). The van der Waals surface area contributed by atoms with Crippen molar-refractivity contribution in [2.24, 2.45) is 0 Å². The molecule has 3 heteroatoms. The highest BCUT2D eigenvalue weighted by Gasteiger charge is 1.96. The van der Waals surface area contributed by atoms with Crippen molar-refractivity contribution in [1.82, 2.24) is 4.98 Å². The van der Waals surface area contributed by atoms with E-state index >= 15 is 0 Å². The van der Waals surface area contributed by atoms with Crippen LogP contribution >= 0.6 is 0 Å². The molecule has 0 saturated heterocycles. The predicted molar refractivity (Wildman–Crippen MR) is 43.1 cm³/mol. The van der Waals surface area contributed by atoms with Crippen LogP contribution in [-0.4, -0.2) is 25.2 Å². The summed E-state index contributed by atoms with van der Waals surface area (Å²) < 4.78 is 0. The van der Waals surface area contributed by atoms with Crippen molar-refractivity contribution in [3.8, 4) is 0 Å². The van der Waals surface area contributed by atoms with Gasteiger partial charge in [-0.05, 0) is 12.1 Å². The maximum atomic E-state index is 10.3. The van der Waals surface area contributed by atoms with E-state index in [1.54, 1.807) is 12.4 Å². The maximum Gasteiger partial charge on any atom is 0.0997 e. The number of rotatable bonds is 3. The molecule has 0 amide bonds. The van der Waals surface area contributed by atoms with E-state index in [-0.39, 0.29) is 6.61 Å². The van der Waals surface area contributed by atoms with E-state index in [0.717, 1.165) is 5.69 Å². The molecule has 0 aliphatic heterocycles. The van der Waals surface area contributed by atoms with Gasteiger partial charge in [0.15, 0.2) is 0 Å². The second kappa shape index (κ2) is 3.93. The van der Waals surface area contributed by atoms with E-state index < -0.39 is 0 Å². The van der Waals surface area contributed by atoms with Crippen molar-refractivity contribution in [2.45, 2.75) is 0 Å². The number of pyridine rings is 1. The summed E-state index contributed by atoms with van der Waals surface area (Å²) in [6.07, 6.45) is 3.44. The summed E-state index contributed by atoms with van der Waals surface area (Å²) in [5, 5.41) is 10.3. The first-order valence-electron chi connectivity index (χ1n) is 3.54. The van der Waals surface area contributed by atoms with Crippen LogP contribution in [0.15, 0.2) is 24.5 Å². The minimum absolute atomic E-state index is 0.0706. The molecule has 0 saturated carbocycles. The summed E-state index contributed by atoms with van der Waals surface area (Å²) in [6.45, 7) is 0.475. The van der Waals surface area contributed by atoms with Crippen LogP contribution in [0.1, 0.15) is 0 Å². The van der Waals surface area contributed by atoms with Crippen LogP contribution in [0.25, 0.3) is 0 Å². The molecule has 1 aromatic heterocycles. The fourth-order valence-electron chi connectivity index (χ4n) is 0.865. The van der Waals surface area contributed by atoms with Gasteiger partial charge in [-0.15, -0.1) is 0 Å². The minimum Gasteiger partial charge on any atom is -0.372 e. The molecule has 0 fully saturated rings. The van der Waals surface area contributed by atoms with Gasteiger partial charge in [-0.2, -0.15) is 0 Å². The Morgan fingerprint density at radius 1 is 1.45 bits per heavy atom. The lowest BCUT2D eigenvalue weighted by Gasteiger charge is -2.16. The van der Waals surface area contributed by atoms with Crippen LogP contribution < -0.4 is 4.90 Å². The zero-order chi connectivity index (χ0) is 8.10. The van der Waals surface area contributed by atoms with E-state index in [1.165, 1.54) is 0 Å². The fraction of sp³-hybridized carbons (Fsp3) is 0.375. The first-order valence-corrected chi connectivity index (χ1v) is 3.54. The van der Waals surface area contributed by atoms with Crippen molar-refractivity contribution in [2.75, 3.05) is 25.1 Å². The average Bonchev–Trinajstić information content (AvgIpc) is 2.07. The normalized spacial score (nSPS) is 9.64. The molecule has 0 bridgehead atoms. The van der Waals surface area contributed by atoms with Gasteiger partial charge >= 0.3 is 0 Å². The van der Waals surface area contributed by atoms with Crippen LogP contribution in [-0.2, 0) is 5.11 Å². The lowest BCUT2D eigenvalue weighted by atomic mass is 10.4. The zero-order valence-corrected chi connectivity index (χ0v) is 6.53. The van der Waals surface area contributed by atoms with Gasteiger partial charge in [0.1, 0.15) is 0 Å². The van der Waals surface area contributed by atoms with Gasteiger partial charge in [-0.3, -0.25) is 4.98 Å². The van der Waals surface area contributed by atoms with Crippen LogP contribution in [0.2, 0.25) is 0 Å². The Balaban J connectivity index is 2.61. The van der Waals surface area contributed by atoms with E-state index in [9.17, 15) is 5.11 Å². The Morgan fingerprint density at radius 3 is 2.64 bits per heavy atom. The molecule has 1 aromatic rings. The molecule has 59 valence electrons. The second-order valence-electron chi connectivity index (χ2n) is 2.33. The Hall–Kier alpha value is -1.09. The second-order valence-corrected chi connectivity index (χ2v) is 2.33. The molecule has 11 heavy (non-hydrogen) atoms. The van der Waals surface area contributed by atoms with Gasteiger partial charge < -0.3 is 4.90 Å². The van der Waals surface area contributed by atoms with Gasteiger partial charge in [0.05, 0.1) is 6.61 Å². The number of aromatic nitrogens is 1. The van der Waals surface area contributed by atoms with Gasteiger partial charge in [0.2, 0.25) is 0 Å². The number of anilines is 1. The van der Waals surface area contributed by atoms with E-state index in [4.69, 9.17) is 0 Å². The third-order valence-electron chi connectivity index (χ3n) is 1.53. The Kier molecular flexibility index (Phi) is 2.86. The topological polar surface area (TPSA) is 36.0 Å². The van der Waals surface area contributed by atoms with Crippen molar-refractivity contribution in [3.05, 3.63) is 24.5 Å². The summed E-state index contributed by atoms with van der Waals surface area (Å²) in [7, 11) is 1.90. The average molecular weight is 151 g/mol. The molecule has 0 N–H and O–H groups in total. The van der Waals surface area contributed by atoms with E-state index in [1.807, 2.05) is 24.1 Å². The number of likely N-dealkylation sites (N-methyl/N-ethyl adjacent to an activating group) is 1. The van der Waals surface area contributed by atoms with Gasteiger partial charge in [0, 0.05) is 31.7 Å². The zero-order valence-electron chi connectivity index (χ0n) is 6.53. The maximum absolute atomic E-state index is 10.3. The summed E-state index contributed by atoms with van der Waals surface area (Å²) in [5.41, 5.74) is 1.04. The SMILES string of the molecule is CN(CC[O])c1ccncc1. The molecule has 0 spiro atoms. The lowest BCUT2D eigenvalue weighted by molar-refractivity contribution is 0.201. The molecule has 0 aromatic carbocycles. The molecule has 1 heterocycles. The molecule has 3 nitrogen and oxygen atoms in total. The first kappa shape index (κ1) is 8.01. The van der Waals surface area contributed by atoms with Gasteiger partial charge in [0.25, 0.3) is 0 Å². The Bertz CT molecular complexity index is 201. The van der Waals surface area contributed by atoms with E-state index in [2.05, 4.69) is 4.98 Å². The van der Waals surface area contributed by atoms with Crippen molar-refractivity contribution < 1.29 is 5.11 Å². The molecule has 1 radical (unpaired) electrons. The van der Waals surface area contributed by atoms with Crippen LogP contribution in [0, 0.1) is 0 Å². The van der Waals surface area contributed by atoms with Gasteiger partial charge in [-0.25, -0.2) is 5.11 Å². The summed E-state index contributed by atoms with van der Waals surface area (Å²) in [5.74, 6) is 0. The highest BCUT2D eigenvalue weighted by Crippen LogP contribution is 2.08. The molecule has 0 aliphatic carbocycles. The Morgan fingerprint density at radius 2 is 2.09 bits per heavy atom. The molecular weight excluding hydrogens is 140 g/mol. The fourth-order valence-corrected chi connectivity index (χ4v) is 0.865. The largest absolute Gasteiger partial charge is 0.372 e. The molecular formula is C8H11N2O. The highest BCUT2D eigenvalue weighted by molar-refractivity contribution is 5.43. The smallest absolute Gasteiger partial charge is 0.0997 e. The monoisotopic (exact) mass is 151 g/mol. The highest BCUT2D eigenvalue weighted by atomic mass is 16.3. The van der Waals surface area contributed by atoms with Crippen LogP contribution in [0.3, 0.4) is 0 Å². The van der Waals surface area contributed by atoms with Crippen LogP contribution in [0.5, 0.6) is 0 Å². The predicted octanol–water partition coefficient (Wildman–Crippen LogP) is 0.948. The summed E-state index contributed by atoms with van der Waals surface area (Å²) >= 11 is 0. The number of hydrogen-bond acceptors (Lipinski definition) is 2. The third kappa shape index (κ3) is 2.20. The summed E-state index contributed by atoms with van der Waals surface area (Å²) in [4.78, 5) is 5.79. The third-order valence-corrected chi connectivity index (χ3v) is 1.53. The summed E-state index contributed by atoms with van der Waals surface area (Å²) in [6, 6.07) is 3.77. The Labute approximate surface area is 66.3 Å². The van der Waals surface area contributed by atoms with E-state index in [0.29, 0.717) is 6.54 Å². The van der Waals surface area contributed by atoms with Crippen LogP contribution in [0.4, 0.5) is 5.69 Å². The van der Waals surface area contributed by atoms with Crippen molar-refractivity contribution in [3.63, 3.8) is 0 Å². The minimum atomic E-state index is -0.0706. The first-order chi connectivity index (χ1) is 5.34. The lowest BCUT2D eigenvalue weighted by Crippen LogP contribution is -2.20. The number of hydrogen-bond donors (Lipinski definition) is 0. The molecule has 0 unspecified atom stereocenters. The van der Waals surface area contributed by atoms with Crippen molar-refractivity contribution >= 4 is 5.69 Å². The van der Waals surface area contributed by atoms with Crippen molar-refractivity contribution in [1.29, 1.82) is 0 Å². The standard InChI is InChI=1S/C8H11N2O/c1-10(6-7-11)8-2-4-9-5-3-8/h2-5H,6-7H2,1H3. The molecule has 0 atom stereocenters. The van der Waals surface area contributed by atoms with Gasteiger partial charge in [-0.1, -0.05) is 0 Å². The number of nitrogens with zero attached hydrogens (tertiary/aromatic N) is 2. The quantitative estimate of drug-likeness (QED) is 0.644.